The Morgan fingerprint density at radius 3 is 2.96 bits per heavy atom. The zero-order valence-corrected chi connectivity index (χ0v) is 15.4. The van der Waals surface area contributed by atoms with E-state index in [2.05, 4.69) is 26.3 Å². The van der Waals surface area contributed by atoms with Gasteiger partial charge in [-0.25, -0.2) is 4.68 Å². The van der Waals surface area contributed by atoms with Crippen molar-refractivity contribution in [2.45, 2.75) is 13.5 Å². The first-order valence-electron chi connectivity index (χ1n) is 7.35. The second-order valence-corrected chi connectivity index (χ2v) is 7.12. The van der Waals surface area contributed by atoms with Crippen LogP contribution in [0.15, 0.2) is 52.4 Å². The van der Waals surface area contributed by atoms with E-state index in [9.17, 15) is 4.79 Å². The van der Waals surface area contributed by atoms with Gasteiger partial charge >= 0.3 is 0 Å². The van der Waals surface area contributed by atoms with Crippen LogP contribution in [0.5, 0.6) is 5.75 Å². The predicted molar refractivity (Wildman–Crippen MR) is 98.7 cm³/mol. The number of hydrogen-bond acceptors (Lipinski definition) is 4. The number of benzene rings is 1. The largest absolute Gasteiger partial charge is 0.483 e. The minimum absolute atomic E-state index is 0.0411. The summed E-state index contributed by atoms with van der Waals surface area (Å²) in [4.78, 5) is 13.3. The van der Waals surface area contributed by atoms with E-state index in [0.29, 0.717) is 18.1 Å². The fourth-order valence-electron chi connectivity index (χ4n) is 2.19. The molecule has 1 aromatic carbocycles. The molecule has 0 radical (unpaired) electrons. The summed E-state index contributed by atoms with van der Waals surface area (Å²) in [6, 6.07) is 11.4. The summed E-state index contributed by atoms with van der Waals surface area (Å²) in [7, 11) is 0. The second-order valence-electron chi connectivity index (χ2n) is 5.21. The number of halogens is 1. The molecule has 0 saturated carbocycles. The highest BCUT2D eigenvalue weighted by Gasteiger charge is 2.10. The number of aromatic nitrogens is 2. The maximum absolute atomic E-state index is 12.1. The van der Waals surface area contributed by atoms with Gasteiger partial charge in [-0.05, 0) is 40.5 Å². The number of nitrogens with one attached hydrogen (secondary N) is 1. The van der Waals surface area contributed by atoms with Gasteiger partial charge in [0, 0.05) is 20.8 Å². The standard InChI is InChI=1S/C17H16BrN3O2S/c1-12-4-2-3-5-15(12)23-10-17(22)20-16-6-7-19-21(16)9-14-8-13(18)11-24-14/h2-8,11H,9-10H2,1H3,(H,20,22). The normalized spacial score (nSPS) is 10.6. The van der Waals surface area contributed by atoms with Crippen molar-refractivity contribution in [2.75, 3.05) is 11.9 Å². The van der Waals surface area contributed by atoms with Gasteiger partial charge in [0.25, 0.3) is 5.91 Å². The molecule has 124 valence electrons. The molecule has 0 bridgehead atoms. The van der Waals surface area contributed by atoms with Crippen LogP contribution in [0.3, 0.4) is 0 Å². The van der Waals surface area contributed by atoms with Gasteiger partial charge in [-0.15, -0.1) is 11.3 Å². The molecule has 7 heteroatoms. The fourth-order valence-corrected chi connectivity index (χ4v) is 3.62. The van der Waals surface area contributed by atoms with Crippen molar-refractivity contribution < 1.29 is 9.53 Å². The van der Waals surface area contributed by atoms with E-state index in [-0.39, 0.29) is 12.5 Å². The number of amides is 1. The summed E-state index contributed by atoms with van der Waals surface area (Å²) in [5, 5.41) is 9.12. The van der Waals surface area contributed by atoms with Crippen molar-refractivity contribution in [3.05, 3.63) is 62.9 Å². The molecular weight excluding hydrogens is 390 g/mol. The van der Waals surface area contributed by atoms with Crippen LogP contribution in [0.2, 0.25) is 0 Å². The van der Waals surface area contributed by atoms with E-state index in [1.54, 1.807) is 28.3 Å². The molecule has 1 amide bonds. The number of rotatable bonds is 6. The van der Waals surface area contributed by atoms with Crippen LogP contribution in [0.1, 0.15) is 10.4 Å². The maximum Gasteiger partial charge on any atom is 0.263 e. The van der Waals surface area contributed by atoms with Crippen molar-refractivity contribution >= 4 is 39.0 Å². The van der Waals surface area contributed by atoms with E-state index in [0.717, 1.165) is 14.9 Å². The first-order valence-corrected chi connectivity index (χ1v) is 9.02. The van der Waals surface area contributed by atoms with E-state index in [4.69, 9.17) is 4.74 Å². The van der Waals surface area contributed by atoms with E-state index in [1.807, 2.05) is 42.6 Å². The van der Waals surface area contributed by atoms with Crippen molar-refractivity contribution in [3.8, 4) is 5.75 Å². The molecule has 5 nitrogen and oxygen atoms in total. The number of hydrogen-bond donors (Lipinski definition) is 1. The molecule has 2 aromatic heterocycles. The average Bonchev–Trinajstić information content (AvgIpc) is 3.16. The lowest BCUT2D eigenvalue weighted by atomic mass is 10.2. The molecule has 3 aromatic rings. The molecule has 0 spiro atoms. The summed E-state index contributed by atoms with van der Waals surface area (Å²) in [6.45, 7) is 2.51. The summed E-state index contributed by atoms with van der Waals surface area (Å²) in [5.74, 6) is 1.15. The lowest BCUT2D eigenvalue weighted by Gasteiger charge is -2.10. The highest BCUT2D eigenvalue weighted by molar-refractivity contribution is 9.10. The number of thiophene rings is 1. The molecule has 0 atom stereocenters. The minimum Gasteiger partial charge on any atom is -0.483 e. The molecule has 0 aliphatic rings. The number of para-hydroxylation sites is 1. The fraction of sp³-hybridized carbons (Fsp3) is 0.176. The number of carbonyl (C=O) groups excluding carboxylic acids is 1. The highest BCUT2D eigenvalue weighted by Crippen LogP contribution is 2.21. The third-order valence-corrected chi connectivity index (χ3v) is 5.05. The monoisotopic (exact) mass is 405 g/mol. The van der Waals surface area contributed by atoms with Crippen LogP contribution in [0, 0.1) is 6.92 Å². The number of anilines is 1. The molecule has 0 fully saturated rings. The zero-order chi connectivity index (χ0) is 16.9. The quantitative estimate of drug-likeness (QED) is 0.671. The Morgan fingerprint density at radius 1 is 1.38 bits per heavy atom. The van der Waals surface area contributed by atoms with Gasteiger partial charge in [0.15, 0.2) is 6.61 Å². The molecule has 3 rings (SSSR count). The Hall–Kier alpha value is -2.12. The van der Waals surface area contributed by atoms with Gasteiger partial charge in [-0.2, -0.15) is 5.10 Å². The molecule has 0 saturated heterocycles. The third kappa shape index (κ3) is 4.24. The van der Waals surface area contributed by atoms with Crippen molar-refractivity contribution in [1.82, 2.24) is 9.78 Å². The van der Waals surface area contributed by atoms with E-state index < -0.39 is 0 Å². The number of aryl methyl sites for hydroxylation is 1. The second kappa shape index (κ2) is 7.63. The molecule has 0 unspecified atom stereocenters. The first kappa shape index (κ1) is 16.7. The van der Waals surface area contributed by atoms with Crippen LogP contribution in [0.25, 0.3) is 0 Å². The van der Waals surface area contributed by atoms with Gasteiger partial charge < -0.3 is 10.1 Å². The highest BCUT2D eigenvalue weighted by atomic mass is 79.9. The summed E-state index contributed by atoms with van der Waals surface area (Å²) >= 11 is 5.08. The number of nitrogens with zero attached hydrogens (tertiary/aromatic N) is 2. The molecule has 0 aliphatic carbocycles. The van der Waals surface area contributed by atoms with E-state index in [1.165, 1.54) is 0 Å². The third-order valence-electron chi connectivity index (χ3n) is 3.36. The summed E-state index contributed by atoms with van der Waals surface area (Å²) < 4.78 is 8.36. The van der Waals surface area contributed by atoms with Gasteiger partial charge in [-0.3, -0.25) is 4.79 Å². The van der Waals surface area contributed by atoms with Gasteiger partial charge in [0.05, 0.1) is 12.7 Å². The topological polar surface area (TPSA) is 56.1 Å². The van der Waals surface area contributed by atoms with Crippen molar-refractivity contribution in [1.29, 1.82) is 0 Å². The van der Waals surface area contributed by atoms with Crippen molar-refractivity contribution in [3.63, 3.8) is 0 Å². The Bertz CT molecular complexity index is 844. The Morgan fingerprint density at radius 2 is 2.21 bits per heavy atom. The average molecular weight is 406 g/mol. The van der Waals surface area contributed by atoms with Crippen LogP contribution in [0.4, 0.5) is 5.82 Å². The first-order chi connectivity index (χ1) is 11.6. The Labute approximate surface area is 152 Å². The lowest BCUT2D eigenvalue weighted by molar-refractivity contribution is -0.118. The smallest absolute Gasteiger partial charge is 0.263 e. The number of ether oxygens (including phenoxy) is 1. The summed E-state index contributed by atoms with van der Waals surface area (Å²) in [6.07, 6.45) is 1.67. The molecule has 24 heavy (non-hydrogen) atoms. The summed E-state index contributed by atoms with van der Waals surface area (Å²) in [5.41, 5.74) is 0.999. The molecule has 0 aliphatic heterocycles. The van der Waals surface area contributed by atoms with Crippen LogP contribution < -0.4 is 10.1 Å². The maximum atomic E-state index is 12.1. The van der Waals surface area contributed by atoms with E-state index >= 15 is 0 Å². The lowest BCUT2D eigenvalue weighted by Crippen LogP contribution is -2.22. The van der Waals surface area contributed by atoms with Crippen molar-refractivity contribution in [2.24, 2.45) is 0 Å². The number of carbonyl (C=O) groups is 1. The van der Waals surface area contributed by atoms with Gasteiger partial charge in [-0.1, -0.05) is 18.2 Å². The van der Waals surface area contributed by atoms with Crippen LogP contribution in [-0.2, 0) is 11.3 Å². The van der Waals surface area contributed by atoms with Crippen LogP contribution in [-0.4, -0.2) is 22.3 Å². The van der Waals surface area contributed by atoms with Gasteiger partial charge in [0.1, 0.15) is 11.6 Å². The SMILES string of the molecule is Cc1ccccc1OCC(=O)Nc1ccnn1Cc1cc(Br)cs1. The molecular formula is C17H16BrN3O2S. The van der Waals surface area contributed by atoms with Crippen LogP contribution >= 0.6 is 27.3 Å². The zero-order valence-electron chi connectivity index (χ0n) is 13.0. The molecule has 2 heterocycles. The Kier molecular flexibility index (Phi) is 5.32. The minimum atomic E-state index is -0.215. The molecule has 1 N–H and O–H groups in total. The Balaban J connectivity index is 1.59. The predicted octanol–water partition coefficient (Wildman–Crippen LogP) is 4.08. The van der Waals surface area contributed by atoms with Gasteiger partial charge in [0.2, 0.25) is 0 Å².